The molecular formula is C23H23ClFN3O3. The van der Waals surface area contributed by atoms with Crippen molar-refractivity contribution in [2.45, 2.75) is 24.5 Å². The van der Waals surface area contributed by atoms with Crippen LogP contribution < -0.4 is 5.32 Å². The van der Waals surface area contributed by atoms with Gasteiger partial charge in [0.15, 0.2) is 0 Å². The second-order valence-corrected chi connectivity index (χ2v) is 8.83. The van der Waals surface area contributed by atoms with Crippen molar-refractivity contribution in [3.8, 4) is 11.1 Å². The quantitative estimate of drug-likeness (QED) is 0.775. The fourth-order valence-electron chi connectivity index (χ4n) is 4.58. The molecule has 3 heterocycles. The molecule has 3 amide bonds. The third-order valence-corrected chi connectivity index (χ3v) is 6.61. The number of nitrogens with zero attached hydrogens (tertiary/aromatic N) is 2. The molecule has 0 bridgehead atoms. The Morgan fingerprint density at radius 1 is 1.10 bits per heavy atom. The zero-order valence-electron chi connectivity index (χ0n) is 16.9. The lowest BCUT2D eigenvalue weighted by Gasteiger charge is -2.46. The van der Waals surface area contributed by atoms with E-state index in [1.807, 2.05) is 29.2 Å². The van der Waals surface area contributed by atoms with Gasteiger partial charge in [-0.15, -0.1) is 0 Å². The Kier molecular flexibility index (Phi) is 5.32. The van der Waals surface area contributed by atoms with E-state index in [1.165, 1.54) is 6.07 Å². The summed E-state index contributed by atoms with van der Waals surface area (Å²) in [6.45, 7) is 2.53. The highest BCUT2D eigenvalue weighted by Crippen LogP contribution is 2.32. The molecule has 31 heavy (non-hydrogen) atoms. The average molecular weight is 444 g/mol. The van der Waals surface area contributed by atoms with Gasteiger partial charge in [0.2, 0.25) is 5.91 Å². The van der Waals surface area contributed by atoms with Gasteiger partial charge < -0.3 is 19.9 Å². The number of morpholine rings is 1. The Hall–Kier alpha value is -2.64. The Balaban J connectivity index is 1.18. The average Bonchev–Trinajstić information content (AvgIpc) is 2.73. The fraction of sp³-hybridized carbons (Fsp3) is 0.391. The summed E-state index contributed by atoms with van der Waals surface area (Å²) in [6.07, 6.45) is 0.728. The molecule has 8 heteroatoms. The summed E-state index contributed by atoms with van der Waals surface area (Å²) in [5, 5.41) is 3.30. The number of rotatable bonds is 2. The molecule has 0 radical (unpaired) electrons. The first-order chi connectivity index (χ1) is 15.0. The number of benzene rings is 2. The van der Waals surface area contributed by atoms with E-state index >= 15 is 0 Å². The Morgan fingerprint density at radius 3 is 2.61 bits per heavy atom. The van der Waals surface area contributed by atoms with E-state index < -0.39 is 0 Å². The summed E-state index contributed by atoms with van der Waals surface area (Å²) in [4.78, 5) is 28.1. The summed E-state index contributed by atoms with van der Waals surface area (Å²) in [7, 11) is 0. The van der Waals surface area contributed by atoms with Crippen molar-refractivity contribution in [3.63, 3.8) is 0 Å². The van der Waals surface area contributed by atoms with Crippen molar-refractivity contribution in [1.29, 1.82) is 0 Å². The molecule has 3 aliphatic heterocycles. The molecule has 3 saturated heterocycles. The van der Waals surface area contributed by atoms with E-state index in [-0.39, 0.29) is 42.4 Å². The predicted octanol–water partition coefficient (Wildman–Crippen LogP) is 3.25. The van der Waals surface area contributed by atoms with Gasteiger partial charge in [0.05, 0.1) is 12.1 Å². The fourth-order valence-corrected chi connectivity index (χ4v) is 4.74. The number of urea groups is 1. The summed E-state index contributed by atoms with van der Waals surface area (Å²) in [6, 6.07) is 12.4. The van der Waals surface area contributed by atoms with Crippen molar-refractivity contribution < 1.29 is 18.7 Å². The minimum absolute atomic E-state index is 0.00474. The molecule has 0 saturated carbocycles. The van der Waals surface area contributed by atoms with Crippen LogP contribution in [0, 0.1) is 5.82 Å². The van der Waals surface area contributed by atoms with Crippen LogP contribution in [0.1, 0.15) is 17.9 Å². The van der Waals surface area contributed by atoms with E-state index in [0.29, 0.717) is 36.8 Å². The lowest BCUT2D eigenvalue weighted by Crippen LogP contribution is -2.63. The van der Waals surface area contributed by atoms with Crippen LogP contribution in [0.2, 0.25) is 5.02 Å². The van der Waals surface area contributed by atoms with Gasteiger partial charge in [0, 0.05) is 42.7 Å². The second kappa shape index (κ2) is 8.13. The van der Waals surface area contributed by atoms with Crippen LogP contribution in [-0.2, 0) is 9.53 Å². The maximum absolute atomic E-state index is 14.2. The SMILES string of the molecule is O=C1CO[C@H]2CCN(C(=O)N3CC(c4ccc(-c5ccc(Cl)cc5F)cc4)C3)C[C@H]2N1. The van der Waals surface area contributed by atoms with Crippen LogP contribution >= 0.6 is 11.6 Å². The molecule has 0 spiro atoms. The Labute approximate surface area is 184 Å². The standard InChI is InChI=1S/C23H23ClFN3O3/c24-17-5-6-18(19(25)9-17)15-3-1-14(2-4-15)16-10-28(11-16)23(30)27-8-7-21-20(12-27)26-22(29)13-31-21/h1-6,9,16,20-21H,7-8,10-13H2,(H,26,29)/t20-,21+/m1/s1. The highest BCUT2D eigenvalue weighted by molar-refractivity contribution is 6.30. The van der Waals surface area contributed by atoms with Crippen molar-refractivity contribution in [1.82, 2.24) is 15.1 Å². The van der Waals surface area contributed by atoms with E-state index in [9.17, 15) is 14.0 Å². The molecule has 3 fully saturated rings. The molecule has 2 aromatic rings. The first-order valence-electron chi connectivity index (χ1n) is 10.5. The van der Waals surface area contributed by atoms with Crippen LogP contribution in [0.15, 0.2) is 42.5 Å². The number of piperidine rings is 1. The number of carbonyl (C=O) groups excluding carboxylic acids is 2. The molecule has 2 aromatic carbocycles. The van der Waals surface area contributed by atoms with E-state index in [2.05, 4.69) is 5.32 Å². The van der Waals surface area contributed by atoms with Gasteiger partial charge in [-0.25, -0.2) is 9.18 Å². The van der Waals surface area contributed by atoms with Gasteiger partial charge >= 0.3 is 6.03 Å². The number of amides is 3. The normalized spacial score (nSPS) is 23.7. The Bertz CT molecular complexity index is 1010. The summed E-state index contributed by atoms with van der Waals surface area (Å²) in [5.41, 5.74) is 2.45. The monoisotopic (exact) mass is 443 g/mol. The van der Waals surface area contributed by atoms with Crippen LogP contribution in [0.3, 0.4) is 0 Å². The number of halogens is 2. The van der Waals surface area contributed by atoms with E-state index in [1.54, 1.807) is 17.0 Å². The van der Waals surface area contributed by atoms with Crippen molar-refractivity contribution in [2.75, 3.05) is 32.8 Å². The largest absolute Gasteiger partial charge is 0.366 e. The molecule has 0 unspecified atom stereocenters. The summed E-state index contributed by atoms with van der Waals surface area (Å²) >= 11 is 5.83. The lowest BCUT2D eigenvalue weighted by molar-refractivity contribution is -0.139. The van der Waals surface area contributed by atoms with Crippen LogP contribution in [0.4, 0.5) is 9.18 Å². The lowest BCUT2D eigenvalue weighted by atomic mass is 9.90. The van der Waals surface area contributed by atoms with Crippen LogP contribution in [0.5, 0.6) is 0 Å². The number of carbonyl (C=O) groups is 2. The number of hydrogen-bond donors (Lipinski definition) is 1. The van der Waals surface area contributed by atoms with Crippen LogP contribution in [0.25, 0.3) is 11.1 Å². The van der Waals surface area contributed by atoms with Gasteiger partial charge in [-0.05, 0) is 35.7 Å². The first-order valence-corrected chi connectivity index (χ1v) is 10.9. The first kappa shape index (κ1) is 20.3. The van der Waals surface area contributed by atoms with Gasteiger partial charge in [0.1, 0.15) is 12.4 Å². The molecule has 0 aromatic heterocycles. The van der Waals surface area contributed by atoms with Crippen LogP contribution in [-0.4, -0.2) is 66.7 Å². The third-order valence-electron chi connectivity index (χ3n) is 6.37. The molecule has 3 aliphatic rings. The molecule has 5 rings (SSSR count). The molecule has 1 N–H and O–H groups in total. The highest BCUT2D eigenvalue weighted by Gasteiger charge is 2.40. The van der Waals surface area contributed by atoms with Gasteiger partial charge in [-0.2, -0.15) is 0 Å². The number of fused-ring (bicyclic) bond motifs is 1. The van der Waals surface area contributed by atoms with Gasteiger partial charge in [-0.1, -0.05) is 35.9 Å². The molecular weight excluding hydrogens is 421 g/mol. The molecule has 6 nitrogen and oxygen atoms in total. The van der Waals surface area contributed by atoms with Gasteiger partial charge in [-0.3, -0.25) is 4.79 Å². The molecule has 2 atom stereocenters. The highest BCUT2D eigenvalue weighted by atomic mass is 35.5. The van der Waals surface area contributed by atoms with E-state index in [0.717, 1.165) is 17.5 Å². The minimum atomic E-state index is -0.344. The van der Waals surface area contributed by atoms with Gasteiger partial charge in [0.25, 0.3) is 0 Å². The number of ether oxygens (including phenoxy) is 1. The minimum Gasteiger partial charge on any atom is -0.366 e. The maximum Gasteiger partial charge on any atom is 0.320 e. The summed E-state index contributed by atoms with van der Waals surface area (Å²) < 4.78 is 19.7. The van der Waals surface area contributed by atoms with Crippen molar-refractivity contribution >= 4 is 23.5 Å². The molecule has 0 aliphatic carbocycles. The number of likely N-dealkylation sites (tertiary alicyclic amines) is 2. The third kappa shape index (κ3) is 4.00. The maximum atomic E-state index is 14.2. The van der Waals surface area contributed by atoms with Crippen molar-refractivity contribution in [2.24, 2.45) is 0 Å². The Morgan fingerprint density at radius 2 is 1.87 bits per heavy atom. The zero-order valence-corrected chi connectivity index (χ0v) is 17.6. The number of hydrogen-bond acceptors (Lipinski definition) is 3. The van der Waals surface area contributed by atoms with E-state index in [4.69, 9.17) is 16.3 Å². The topological polar surface area (TPSA) is 61.9 Å². The second-order valence-electron chi connectivity index (χ2n) is 8.39. The zero-order chi connectivity index (χ0) is 21.5. The molecule has 162 valence electrons. The van der Waals surface area contributed by atoms with Crippen molar-refractivity contribution in [3.05, 3.63) is 58.9 Å². The summed E-state index contributed by atoms with van der Waals surface area (Å²) in [5.74, 6) is -0.200. The number of nitrogens with one attached hydrogen (secondary N) is 1. The predicted molar refractivity (Wildman–Crippen MR) is 114 cm³/mol. The smallest absolute Gasteiger partial charge is 0.320 e.